The van der Waals surface area contributed by atoms with E-state index in [2.05, 4.69) is 20.4 Å². The van der Waals surface area contributed by atoms with Crippen LogP contribution in [0.4, 0.5) is 18.9 Å². The van der Waals surface area contributed by atoms with Crippen molar-refractivity contribution in [2.24, 2.45) is 0 Å². The number of aryl methyl sites for hydroxylation is 1. The second kappa shape index (κ2) is 15.6. The van der Waals surface area contributed by atoms with Crippen molar-refractivity contribution in [3.05, 3.63) is 116 Å². The van der Waals surface area contributed by atoms with Gasteiger partial charge in [0.2, 0.25) is 11.7 Å². The average Bonchev–Trinajstić information content (AvgIpc) is 3.67. The summed E-state index contributed by atoms with van der Waals surface area (Å²) >= 11 is 6.19. The molecular formula is C40H38ClF3N8O6. The summed E-state index contributed by atoms with van der Waals surface area (Å²) in [6.45, 7) is 4.83. The number of alkyl halides is 3. The number of benzene rings is 2. The highest BCUT2D eigenvalue weighted by atomic mass is 35.5. The molecule has 302 valence electrons. The summed E-state index contributed by atoms with van der Waals surface area (Å²) in [4.78, 5) is 57.5. The van der Waals surface area contributed by atoms with Crippen molar-refractivity contribution in [1.29, 1.82) is 0 Å². The zero-order valence-corrected chi connectivity index (χ0v) is 32.3. The molecule has 0 bridgehead atoms. The molecule has 3 aliphatic heterocycles. The normalized spacial score (nSPS) is 17.9. The molecule has 3 aliphatic rings. The number of carbonyl (C=O) groups is 2. The van der Waals surface area contributed by atoms with E-state index in [4.69, 9.17) is 30.8 Å². The molecule has 0 saturated carbocycles. The number of hydrogen-bond donors (Lipinski definition) is 1. The van der Waals surface area contributed by atoms with Gasteiger partial charge in [-0.05, 0) is 55.5 Å². The van der Waals surface area contributed by atoms with Crippen LogP contribution in [0.3, 0.4) is 0 Å². The Hall–Kier alpha value is -5.65. The summed E-state index contributed by atoms with van der Waals surface area (Å²) in [6.07, 6.45) is -0.477. The maximum absolute atomic E-state index is 14.7. The minimum absolute atomic E-state index is 0.0162. The number of rotatable bonds is 8. The summed E-state index contributed by atoms with van der Waals surface area (Å²) < 4.78 is 60.9. The van der Waals surface area contributed by atoms with Crippen LogP contribution in [0.25, 0.3) is 11.4 Å². The average molecular weight is 819 g/mol. The first kappa shape index (κ1) is 39.2. The summed E-state index contributed by atoms with van der Waals surface area (Å²) in [7, 11) is 0. The first-order valence-corrected chi connectivity index (χ1v) is 19.1. The minimum Gasteiger partial charge on any atom is -0.485 e. The van der Waals surface area contributed by atoms with Gasteiger partial charge in [0.25, 0.3) is 11.5 Å². The Morgan fingerprint density at radius 3 is 2.59 bits per heavy atom. The predicted octanol–water partition coefficient (Wildman–Crippen LogP) is 5.95. The molecule has 2 aromatic carbocycles. The van der Waals surface area contributed by atoms with Crippen LogP contribution < -0.4 is 15.6 Å². The van der Waals surface area contributed by atoms with Crippen molar-refractivity contribution in [3.63, 3.8) is 0 Å². The molecule has 3 aromatic heterocycles. The van der Waals surface area contributed by atoms with Gasteiger partial charge in [0.15, 0.2) is 17.3 Å². The van der Waals surface area contributed by atoms with Gasteiger partial charge in [-0.25, -0.2) is 9.97 Å². The molecule has 1 N–H and O–H groups in total. The summed E-state index contributed by atoms with van der Waals surface area (Å²) in [5.41, 5.74) is 0.545. The summed E-state index contributed by atoms with van der Waals surface area (Å²) in [5.74, 6) is -0.675. The van der Waals surface area contributed by atoms with Crippen molar-refractivity contribution >= 4 is 40.5 Å². The molecule has 58 heavy (non-hydrogen) atoms. The molecule has 18 heteroatoms. The van der Waals surface area contributed by atoms with Gasteiger partial charge in [0.1, 0.15) is 25.1 Å². The molecule has 6 heterocycles. The monoisotopic (exact) mass is 818 g/mol. The van der Waals surface area contributed by atoms with Crippen LogP contribution in [-0.4, -0.2) is 78.8 Å². The number of halogens is 4. The van der Waals surface area contributed by atoms with Crippen LogP contribution in [0.1, 0.15) is 76.5 Å². The summed E-state index contributed by atoms with van der Waals surface area (Å²) in [5, 5.41) is 6.96. The smallest absolute Gasteiger partial charge is 0.416 e. The van der Waals surface area contributed by atoms with Crippen LogP contribution in [0.15, 0.2) is 65.7 Å². The van der Waals surface area contributed by atoms with Gasteiger partial charge in [-0.1, -0.05) is 54.9 Å². The fraction of sp³-hybridized carbons (Fsp3) is 0.375. The lowest BCUT2D eigenvalue weighted by Crippen LogP contribution is -2.52. The largest absolute Gasteiger partial charge is 0.485 e. The number of amides is 2. The number of likely N-dealkylation sites (tertiary alicyclic amines) is 1. The highest BCUT2D eigenvalue weighted by molar-refractivity contribution is 6.33. The van der Waals surface area contributed by atoms with Gasteiger partial charge in [0.05, 0.1) is 47.4 Å². The third-order valence-corrected chi connectivity index (χ3v) is 11.0. The van der Waals surface area contributed by atoms with Gasteiger partial charge >= 0.3 is 6.18 Å². The quantitative estimate of drug-likeness (QED) is 0.199. The number of carbonyl (C=O) groups excluding carboxylic acids is 2. The Bertz CT molecular complexity index is 2500. The van der Waals surface area contributed by atoms with E-state index in [0.29, 0.717) is 42.4 Å². The molecule has 5 aromatic rings. The zero-order valence-electron chi connectivity index (χ0n) is 31.5. The fourth-order valence-corrected chi connectivity index (χ4v) is 7.96. The Morgan fingerprint density at radius 1 is 1.10 bits per heavy atom. The Balaban J connectivity index is 1.13. The Morgan fingerprint density at radius 2 is 1.88 bits per heavy atom. The van der Waals surface area contributed by atoms with Crippen molar-refractivity contribution < 1.29 is 37.0 Å². The molecule has 1 unspecified atom stereocenters. The standard InChI is InChI=1S/C40H38ClF3N8O6/c1-23-20-58-39(12-14-50(15-13-39)37(55)32-34(24(2)45-22-46-32)57-21-25-6-4-3-5-7-25)31-33(23)51(19-30(53)47-29-9-8-27(18-28(29)41)40(42,43)44)38-48-35(49-52(38)36(31)54)26-10-16-56-17-11-26/h3-10,18,22-23H,11-17,19-21H2,1-2H3,(H,47,53). The van der Waals surface area contributed by atoms with Gasteiger partial charge in [-0.15, -0.1) is 5.10 Å². The number of hydrogen-bond acceptors (Lipinski definition) is 10. The van der Waals surface area contributed by atoms with Crippen molar-refractivity contribution in [3.8, 4) is 5.75 Å². The predicted molar refractivity (Wildman–Crippen MR) is 204 cm³/mol. The SMILES string of the molecule is Cc1ncnc(C(=O)N2CCC3(CC2)OCC(C)c2c3c(=O)n3nc(C4=CCOCC4)nc3n2CC(=O)Nc2ccc(C(F)(F)F)cc2Cl)c1OCc1ccccc1. The van der Waals surface area contributed by atoms with E-state index in [9.17, 15) is 27.6 Å². The maximum atomic E-state index is 14.7. The topological polar surface area (TPSA) is 155 Å². The first-order chi connectivity index (χ1) is 27.8. The molecule has 1 atom stereocenters. The number of aromatic nitrogens is 6. The van der Waals surface area contributed by atoms with E-state index in [1.807, 2.05) is 43.3 Å². The summed E-state index contributed by atoms with van der Waals surface area (Å²) in [6, 6.07) is 12.2. The van der Waals surface area contributed by atoms with E-state index in [1.54, 1.807) is 16.4 Å². The number of nitrogens with zero attached hydrogens (tertiary/aromatic N) is 7. The molecule has 8 rings (SSSR count). The van der Waals surface area contributed by atoms with Gasteiger partial charge in [-0.2, -0.15) is 22.7 Å². The van der Waals surface area contributed by atoms with Crippen LogP contribution in [0.5, 0.6) is 5.75 Å². The van der Waals surface area contributed by atoms with Crippen LogP contribution in [0.2, 0.25) is 5.02 Å². The number of fused-ring (bicyclic) bond motifs is 3. The molecule has 1 saturated heterocycles. The lowest BCUT2D eigenvalue weighted by atomic mass is 9.79. The number of anilines is 1. The maximum Gasteiger partial charge on any atom is 0.416 e. The Kier molecular flexibility index (Phi) is 10.5. The number of nitrogens with one attached hydrogen (secondary N) is 1. The van der Waals surface area contributed by atoms with Crippen molar-refractivity contribution in [1.82, 2.24) is 34.0 Å². The van der Waals surface area contributed by atoms with Crippen LogP contribution >= 0.6 is 11.6 Å². The van der Waals surface area contributed by atoms with Gasteiger partial charge in [-0.3, -0.25) is 14.4 Å². The van der Waals surface area contributed by atoms with E-state index in [1.165, 1.54) is 10.8 Å². The lowest BCUT2D eigenvalue weighted by Gasteiger charge is -2.46. The first-order valence-electron chi connectivity index (χ1n) is 18.7. The van der Waals surface area contributed by atoms with E-state index >= 15 is 0 Å². The third kappa shape index (κ3) is 7.44. The second-order valence-corrected chi connectivity index (χ2v) is 14.9. The highest BCUT2D eigenvalue weighted by Crippen LogP contribution is 2.44. The zero-order chi connectivity index (χ0) is 40.8. The molecule has 0 aliphatic carbocycles. The number of ether oxygens (including phenoxy) is 3. The van der Waals surface area contributed by atoms with Crippen molar-refractivity contribution in [2.45, 2.75) is 64.0 Å². The second-order valence-electron chi connectivity index (χ2n) is 14.5. The molecule has 1 spiro atoms. The molecule has 1 fully saturated rings. The van der Waals surface area contributed by atoms with Crippen LogP contribution in [-0.2, 0) is 39.2 Å². The molecule has 0 radical (unpaired) electrons. The van der Waals surface area contributed by atoms with Crippen LogP contribution in [0, 0.1) is 6.92 Å². The van der Waals surface area contributed by atoms with Crippen molar-refractivity contribution in [2.75, 3.05) is 38.2 Å². The van der Waals surface area contributed by atoms with E-state index in [0.717, 1.165) is 29.3 Å². The third-order valence-electron chi connectivity index (χ3n) is 10.7. The van der Waals surface area contributed by atoms with Gasteiger partial charge < -0.3 is 29.0 Å². The van der Waals surface area contributed by atoms with E-state index < -0.39 is 34.7 Å². The number of piperidine rings is 1. The molecule has 2 amide bonds. The van der Waals surface area contributed by atoms with Gasteiger partial charge in [0, 0.05) is 24.7 Å². The fourth-order valence-electron chi connectivity index (χ4n) is 7.73. The van der Waals surface area contributed by atoms with E-state index in [-0.39, 0.29) is 79.5 Å². The highest BCUT2D eigenvalue weighted by Gasteiger charge is 2.48. The minimum atomic E-state index is -4.62. The lowest BCUT2D eigenvalue weighted by molar-refractivity contribution is -0.137. The molecular weight excluding hydrogens is 781 g/mol. The molecule has 14 nitrogen and oxygen atoms in total. The Labute approximate surface area is 334 Å².